The molecule has 0 radical (unpaired) electrons. The van der Waals surface area contributed by atoms with E-state index in [2.05, 4.69) is 36.2 Å². The summed E-state index contributed by atoms with van der Waals surface area (Å²) >= 11 is 1.81. The Balaban J connectivity index is 2.43. The molecule has 92 valence electrons. The van der Waals surface area contributed by atoms with Crippen molar-refractivity contribution in [2.75, 3.05) is 12.3 Å². The van der Waals surface area contributed by atoms with Gasteiger partial charge in [0.15, 0.2) is 5.82 Å². The number of hydrogen-bond acceptors (Lipinski definition) is 5. The van der Waals surface area contributed by atoms with Gasteiger partial charge in [-0.2, -0.15) is 16.7 Å². The van der Waals surface area contributed by atoms with Crippen molar-refractivity contribution in [2.24, 2.45) is 0 Å². The first kappa shape index (κ1) is 13.5. The molecular formula is C11H21N3OS. The molecule has 0 spiro atoms. The molecule has 1 atom stereocenters. The first-order valence-electron chi connectivity index (χ1n) is 5.92. The van der Waals surface area contributed by atoms with Crippen LogP contribution < -0.4 is 5.32 Å². The summed E-state index contributed by atoms with van der Waals surface area (Å²) in [5.74, 6) is 3.49. The minimum Gasteiger partial charge on any atom is -0.339 e. The zero-order valence-electron chi connectivity index (χ0n) is 10.3. The Morgan fingerprint density at radius 2 is 2.19 bits per heavy atom. The molecule has 0 aliphatic carbocycles. The molecule has 0 saturated heterocycles. The van der Waals surface area contributed by atoms with Crippen molar-refractivity contribution in [3.05, 3.63) is 11.7 Å². The van der Waals surface area contributed by atoms with Gasteiger partial charge in [-0.1, -0.05) is 25.9 Å². The van der Waals surface area contributed by atoms with Crippen LogP contribution >= 0.6 is 11.8 Å². The number of likely N-dealkylation sites (N-methyl/N-ethyl adjacent to an activating group) is 1. The van der Waals surface area contributed by atoms with Crippen LogP contribution in [0, 0.1) is 0 Å². The number of nitrogens with zero attached hydrogens (tertiary/aromatic N) is 2. The largest absolute Gasteiger partial charge is 0.339 e. The van der Waals surface area contributed by atoms with Crippen molar-refractivity contribution >= 4 is 11.8 Å². The summed E-state index contributed by atoms with van der Waals surface area (Å²) in [6, 6.07) is 0.442. The summed E-state index contributed by atoms with van der Waals surface area (Å²) in [5, 5.41) is 7.37. The molecule has 1 heterocycles. The van der Waals surface area contributed by atoms with E-state index in [1.807, 2.05) is 11.8 Å². The number of hydrogen-bond donors (Lipinski definition) is 1. The molecule has 16 heavy (non-hydrogen) atoms. The first-order chi connectivity index (χ1) is 7.80. The van der Waals surface area contributed by atoms with Gasteiger partial charge in [0.1, 0.15) is 0 Å². The van der Waals surface area contributed by atoms with E-state index in [1.54, 1.807) is 0 Å². The molecule has 4 nitrogen and oxygen atoms in total. The van der Waals surface area contributed by atoms with Crippen molar-refractivity contribution in [2.45, 2.75) is 45.4 Å². The standard InChI is InChI=1S/C11H21N3OS/c1-4-9(12-5-2)7-11-13-10(14-15-11)8-16-6-3/h9,12H,4-8H2,1-3H3. The Bertz CT molecular complexity index is 291. The maximum absolute atomic E-state index is 5.23. The van der Waals surface area contributed by atoms with Crippen LogP contribution in [0.25, 0.3) is 0 Å². The van der Waals surface area contributed by atoms with Crippen molar-refractivity contribution < 1.29 is 4.52 Å². The quantitative estimate of drug-likeness (QED) is 0.759. The predicted molar refractivity (Wildman–Crippen MR) is 67.6 cm³/mol. The van der Waals surface area contributed by atoms with Gasteiger partial charge >= 0.3 is 0 Å². The smallest absolute Gasteiger partial charge is 0.228 e. The molecule has 1 rings (SSSR count). The lowest BCUT2D eigenvalue weighted by Crippen LogP contribution is -2.30. The second kappa shape index (κ2) is 7.68. The monoisotopic (exact) mass is 243 g/mol. The van der Waals surface area contributed by atoms with Crippen LogP contribution in [-0.2, 0) is 12.2 Å². The number of thioether (sulfide) groups is 1. The van der Waals surface area contributed by atoms with E-state index < -0.39 is 0 Å². The Morgan fingerprint density at radius 1 is 1.38 bits per heavy atom. The highest BCUT2D eigenvalue weighted by Crippen LogP contribution is 2.10. The highest BCUT2D eigenvalue weighted by Gasteiger charge is 2.11. The Kier molecular flexibility index (Phi) is 6.49. The third-order valence-electron chi connectivity index (χ3n) is 2.35. The molecule has 0 amide bonds. The topological polar surface area (TPSA) is 51.0 Å². The lowest BCUT2D eigenvalue weighted by molar-refractivity contribution is 0.352. The van der Waals surface area contributed by atoms with Crippen molar-refractivity contribution in [1.29, 1.82) is 0 Å². The Labute approximate surface area is 102 Å². The minimum absolute atomic E-state index is 0.442. The molecule has 0 bridgehead atoms. The minimum atomic E-state index is 0.442. The molecule has 0 saturated carbocycles. The fraction of sp³-hybridized carbons (Fsp3) is 0.818. The summed E-state index contributed by atoms with van der Waals surface area (Å²) in [5.41, 5.74) is 0. The lowest BCUT2D eigenvalue weighted by Gasteiger charge is -2.12. The lowest BCUT2D eigenvalue weighted by atomic mass is 10.1. The van der Waals surface area contributed by atoms with E-state index in [1.165, 1.54) is 0 Å². The maximum atomic E-state index is 5.23. The predicted octanol–water partition coefficient (Wildman–Crippen LogP) is 2.25. The maximum Gasteiger partial charge on any atom is 0.228 e. The second-order valence-electron chi connectivity index (χ2n) is 3.61. The van der Waals surface area contributed by atoms with E-state index in [-0.39, 0.29) is 0 Å². The van der Waals surface area contributed by atoms with Gasteiger partial charge in [0.05, 0.1) is 5.75 Å². The summed E-state index contributed by atoms with van der Waals surface area (Å²) < 4.78 is 5.23. The van der Waals surface area contributed by atoms with E-state index in [9.17, 15) is 0 Å². The summed E-state index contributed by atoms with van der Waals surface area (Å²) in [7, 11) is 0. The molecule has 0 aromatic carbocycles. The molecule has 0 aliphatic heterocycles. The highest BCUT2D eigenvalue weighted by atomic mass is 32.2. The average Bonchev–Trinajstić information content (AvgIpc) is 2.73. The SMILES string of the molecule is CCNC(CC)Cc1nc(CSCC)no1. The average molecular weight is 243 g/mol. The normalized spacial score (nSPS) is 12.9. The molecule has 0 fully saturated rings. The van der Waals surface area contributed by atoms with Gasteiger partial charge < -0.3 is 9.84 Å². The zero-order chi connectivity index (χ0) is 11.8. The summed E-state index contributed by atoms with van der Waals surface area (Å²) in [4.78, 5) is 4.38. The van der Waals surface area contributed by atoms with Crippen LogP contribution in [0.5, 0.6) is 0 Å². The van der Waals surface area contributed by atoms with Gasteiger partial charge in [-0.25, -0.2) is 0 Å². The van der Waals surface area contributed by atoms with E-state index in [0.717, 1.165) is 42.6 Å². The van der Waals surface area contributed by atoms with Crippen molar-refractivity contribution in [3.8, 4) is 0 Å². The third kappa shape index (κ3) is 4.53. The van der Waals surface area contributed by atoms with Crippen LogP contribution in [0.3, 0.4) is 0 Å². The number of nitrogens with one attached hydrogen (secondary N) is 1. The van der Waals surface area contributed by atoms with Gasteiger partial charge in [0.25, 0.3) is 0 Å². The molecule has 1 aromatic heterocycles. The van der Waals surface area contributed by atoms with Gasteiger partial charge in [-0.05, 0) is 18.7 Å². The molecule has 1 aromatic rings. The Hall–Kier alpha value is -0.550. The van der Waals surface area contributed by atoms with Crippen molar-refractivity contribution in [1.82, 2.24) is 15.5 Å². The highest BCUT2D eigenvalue weighted by molar-refractivity contribution is 7.98. The molecule has 0 aliphatic rings. The molecule has 1 unspecified atom stereocenters. The number of aromatic nitrogens is 2. The fourth-order valence-corrected chi connectivity index (χ4v) is 1.99. The van der Waals surface area contributed by atoms with Crippen LogP contribution in [0.2, 0.25) is 0 Å². The summed E-state index contributed by atoms with van der Waals surface area (Å²) in [6.07, 6.45) is 1.91. The van der Waals surface area contributed by atoms with E-state index in [4.69, 9.17) is 4.52 Å². The van der Waals surface area contributed by atoms with Crippen molar-refractivity contribution in [3.63, 3.8) is 0 Å². The van der Waals surface area contributed by atoms with Crippen LogP contribution in [0.4, 0.5) is 0 Å². The van der Waals surface area contributed by atoms with Gasteiger partial charge in [0, 0.05) is 12.5 Å². The second-order valence-corrected chi connectivity index (χ2v) is 4.88. The molecular weight excluding hydrogens is 222 g/mol. The van der Waals surface area contributed by atoms with Crippen LogP contribution in [0.15, 0.2) is 4.52 Å². The Morgan fingerprint density at radius 3 is 2.81 bits per heavy atom. The number of rotatable bonds is 8. The zero-order valence-corrected chi connectivity index (χ0v) is 11.1. The fourth-order valence-electron chi connectivity index (χ4n) is 1.49. The van der Waals surface area contributed by atoms with Gasteiger partial charge in [-0.3, -0.25) is 0 Å². The van der Waals surface area contributed by atoms with Gasteiger partial charge in [-0.15, -0.1) is 0 Å². The van der Waals surface area contributed by atoms with Crippen LogP contribution in [0.1, 0.15) is 38.9 Å². The van der Waals surface area contributed by atoms with Gasteiger partial charge in [0.2, 0.25) is 5.89 Å². The van der Waals surface area contributed by atoms with E-state index in [0.29, 0.717) is 6.04 Å². The molecule has 1 N–H and O–H groups in total. The van der Waals surface area contributed by atoms with E-state index >= 15 is 0 Å². The first-order valence-corrected chi connectivity index (χ1v) is 7.08. The third-order valence-corrected chi connectivity index (χ3v) is 3.22. The summed E-state index contributed by atoms with van der Waals surface area (Å²) in [6.45, 7) is 7.38. The van der Waals surface area contributed by atoms with Crippen LogP contribution in [-0.4, -0.2) is 28.5 Å². The molecule has 5 heteroatoms.